The number of fused-ring (bicyclic) bond motifs is 1. The van der Waals surface area contributed by atoms with Gasteiger partial charge < -0.3 is 10.3 Å². The fraction of sp³-hybridized carbons (Fsp3) is 0.167. The number of anilines is 1. The molecule has 0 unspecified atom stereocenters. The van der Waals surface area contributed by atoms with Gasteiger partial charge in [0.2, 0.25) is 5.91 Å². The molecule has 9 heteroatoms. The van der Waals surface area contributed by atoms with Gasteiger partial charge in [-0.15, -0.1) is 0 Å². The number of amides is 1. The van der Waals surface area contributed by atoms with Crippen LogP contribution in [-0.4, -0.2) is 26.6 Å². The molecule has 0 aliphatic heterocycles. The summed E-state index contributed by atoms with van der Waals surface area (Å²) in [6, 6.07) is 7.82. The van der Waals surface area contributed by atoms with Crippen LogP contribution in [-0.2, 0) is 4.79 Å². The molecule has 0 aliphatic rings. The molecule has 3 rings (SSSR count). The van der Waals surface area contributed by atoms with Gasteiger partial charge in [0.25, 0.3) is 5.56 Å². The van der Waals surface area contributed by atoms with E-state index in [1.165, 1.54) is 0 Å². The number of nitriles is 1. The van der Waals surface area contributed by atoms with Crippen LogP contribution in [0.25, 0.3) is 10.9 Å². The summed E-state index contributed by atoms with van der Waals surface area (Å²) in [6.07, 6.45) is 1.13. The molecular weight excluding hydrogens is 366 g/mol. The third-order valence-corrected chi connectivity index (χ3v) is 4.80. The van der Waals surface area contributed by atoms with Crippen molar-refractivity contribution in [3.05, 3.63) is 61.9 Å². The molecule has 3 aromatic rings. The molecule has 0 bridgehead atoms. The van der Waals surface area contributed by atoms with Gasteiger partial charge in [0.05, 0.1) is 16.8 Å². The van der Waals surface area contributed by atoms with Crippen LogP contribution in [0.5, 0.6) is 0 Å². The number of aromatic amines is 2. The van der Waals surface area contributed by atoms with Crippen molar-refractivity contribution in [2.75, 3.05) is 11.1 Å². The highest BCUT2D eigenvalue weighted by molar-refractivity contribution is 8.00. The van der Waals surface area contributed by atoms with Crippen molar-refractivity contribution in [1.29, 1.82) is 5.26 Å². The molecule has 0 saturated carbocycles. The number of hydrogen-bond donors (Lipinski definition) is 3. The molecule has 0 saturated heterocycles. The molecule has 8 nitrogen and oxygen atoms in total. The summed E-state index contributed by atoms with van der Waals surface area (Å²) in [5.74, 6) is -0.500. The maximum absolute atomic E-state index is 12.1. The van der Waals surface area contributed by atoms with Crippen molar-refractivity contribution >= 4 is 34.3 Å². The molecule has 0 aliphatic carbocycles. The van der Waals surface area contributed by atoms with Crippen molar-refractivity contribution in [2.24, 2.45) is 0 Å². The first-order valence-corrected chi connectivity index (χ1v) is 8.92. The van der Waals surface area contributed by atoms with Gasteiger partial charge in [-0.05, 0) is 37.1 Å². The van der Waals surface area contributed by atoms with E-state index in [9.17, 15) is 19.6 Å². The van der Waals surface area contributed by atoms with Crippen LogP contribution in [0.2, 0.25) is 0 Å². The minimum Gasteiger partial charge on any atom is -0.320 e. The van der Waals surface area contributed by atoms with Crippen molar-refractivity contribution < 1.29 is 4.79 Å². The monoisotopic (exact) mass is 381 g/mol. The zero-order valence-corrected chi connectivity index (χ0v) is 15.4. The first-order chi connectivity index (χ1) is 12.9. The Labute approximate surface area is 157 Å². The lowest BCUT2D eigenvalue weighted by atomic mass is 10.1. The minimum absolute atomic E-state index is 0.0451. The average Bonchev–Trinajstić information content (AvgIpc) is 2.61. The first-order valence-electron chi connectivity index (χ1n) is 7.94. The van der Waals surface area contributed by atoms with E-state index in [1.807, 2.05) is 31.0 Å². The smallest absolute Gasteiger partial charge is 0.320 e. The summed E-state index contributed by atoms with van der Waals surface area (Å²) < 4.78 is 0. The quantitative estimate of drug-likeness (QED) is 0.591. The topological polar surface area (TPSA) is 132 Å². The fourth-order valence-electron chi connectivity index (χ4n) is 2.63. The Morgan fingerprint density at radius 1 is 1.30 bits per heavy atom. The molecule has 1 amide bonds. The molecule has 2 heterocycles. The summed E-state index contributed by atoms with van der Waals surface area (Å²) in [5, 5.41) is 13.2. The van der Waals surface area contributed by atoms with Gasteiger partial charge >= 0.3 is 5.69 Å². The molecule has 0 spiro atoms. The minimum atomic E-state index is -0.690. The van der Waals surface area contributed by atoms with Crippen molar-refractivity contribution in [3.8, 4) is 6.07 Å². The zero-order valence-electron chi connectivity index (χ0n) is 14.5. The number of pyridine rings is 1. The van der Waals surface area contributed by atoms with Gasteiger partial charge in [-0.25, -0.2) is 9.78 Å². The number of nitrogens with zero attached hydrogens (tertiary/aromatic N) is 2. The molecule has 0 atom stereocenters. The molecule has 2 aromatic heterocycles. The summed E-state index contributed by atoms with van der Waals surface area (Å²) in [4.78, 5) is 43.5. The van der Waals surface area contributed by atoms with E-state index < -0.39 is 17.2 Å². The number of thioether (sulfide) groups is 1. The normalized spacial score (nSPS) is 10.6. The van der Waals surface area contributed by atoms with Crippen LogP contribution in [0.4, 0.5) is 5.69 Å². The largest absolute Gasteiger partial charge is 0.325 e. The summed E-state index contributed by atoms with van der Waals surface area (Å²) in [5.41, 5.74) is 1.82. The Bertz CT molecular complexity index is 1210. The number of H-pyrrole nitrogens is 2. The van der Waals surface area contributed by atoms with E-state index in [0.29, 0.717) is 10.6 Å². The fourth-order valence-corrected chi connectivity index (χ4v) is 3.39. The van der Waals surface area contributed by atoms with Gasteiger partial charge in [0.1, 0.15) is 16.8 Å². The maximum Gasteiger partial charge on any atom is 0.325 e. The lowest BCUT2D eigenvalue weighted by Crippen LogP contribution is -2.27. The summed E-state index contributed by atoms with van der Waals surface area (Å²) in [6.45, 7) is 3.93. The number of carbonyl (C=O) groups excluding carboxylic acids is 1. The molecule has 27 heavy (non-hydrogen) atoms. The van der Waals surface area contributed by atoms with E-state index in [-0.39, 0.29) is 11.4 Å². The number of aryl methyl sites for hydroxylation is 2. The van der Waals surface area contributed by atoms with Gasteiger partial charge in [-0.1, -0.05) is 17.8 Å². The second-order valence-corrected chi connectivity index (χ2v) is 6.89. The third-order valence-electron chi connectivity index (χ3n) is 3.80. The van der Waals surface area contributed by atoms with E-state index in [1.54, 1.807) is 6.07 Å². The second-order valence-electron chi connectivity index (χ2n) is 5.92. The van der Waals surface area contributed by atoms with Gasteiger partial charge in [-0.3, -0.25) is 14.6 Å². The third kappa shape index (κ3) is 4.07. The molecule has 1 aromatic carbocycles. The Morgan fingerprint density at radius 3 is 2.78 bits per heavy atom. The average molecular weight is 381 g/mol. The van der Waals surface area contributed by atoms with Gasteiger partial charge in [-0.2, -0.15) is 5.26 Å². The van der Waals surface area contributed by atoms with Crippen LogP contribution >= 0.6 is 11.8 Å². The van der Waals surface area contributed by atoms with Crippen LogP contribution in [0.15, 0.2) is 39.0 Å². The Kier molecular flexibility index (Phi) is 5.09. The molecular formula is C18H15N5O3S. The summed E-state index contributed by atoms with van der Waals surface area (Å²) in [7, 11) is 0. The standard InChI is InChI=1S/C18H15N5O3S/c1-9-3-10(2)12-5-11(6-19)17(22-13(12)4-9)27-8-15(24)21-14-7-20-18(26)23-16(14)25/h3-5,7H,8H2,1-2H3,(H,21,24)(H2,20,23,25,26). The summed E-state index contributed by atoms with van der Waals surface area (Å²) >= 11 is 1.10. The van der Waals surface area contributed by atoms with Crippen LogP contribution < -0.4 is 16.6 Å². The number of nitrogens with one attached hydrogen (secondary N) is 3. The maximum atomic E-state index is 12.1. The van der Waals surface area contributed by atoms with Crippen LogP contribution in [0, 0.1) is 25.2 Å². The molecule has 0 fully saturated rings. The van der Waals surface area contributed by atoms with Crippen molar-refractivity contribution in [1.82, 2.24) is 15.0 Å². The number of rotatable bonds is 4. The predicted octanol–water partition coefficient (Wildman–Crippen LogP) is 1.83. The highest BCUT2D eigenvalue weighted by Crippen LogP contribution is 2.27. The number of benzene rings is 1. The van der Waals surface area contributed by atoms with Crippen LogP contribution in [0.3, 0.4) is 0 Å². The van der Waals surface area contributed by atoms with E-state index in [2.05, 4.69) is 21.4 Å². The number of carbonyl (C=O) groups is 1. The molecule has 136 valence electrons. The highest BCUT2D eigenvalue weighted by atomic mass is 32.2. The predicted molar refractivity (Wildman–Crippen MR) is 103 cm³/mol. The highest BCUT2D eigenvalue weighted by Gasteiger charge is 2.13. The van der Waals surface area contributed by atoms with E-state index in [4.69, 9.17) is 0 Å². The SMILES string of the molecule is Cc1cc(C)c2cc(C#N)c(SCC(=O)Nc3c[nH]c(=O)[nH]c3=O)nc2c1. The second kappa shape index (κ2) is 7.47. The Hall–Kier alpha value is -3.38. The lowest BCUT2D eigenvalue weighted by Gasteiger charge is -2.09. The molecule has 3 N–H and O–H groups in total. The molecule has 0 radical (unpaired) electrons. The number of aromatic nitrogens is 3. The Balaban J connectivity index is 1.81. The van der Waals surface area contributed by atoms with Crippen molar-refractivity contribution in [3.63, 3.8) is 0 Å². The first kappa shape index (κ1) is 18.4. The van der Waals surface area contributed by atoms with Gasteiger partial charge in [0, 0.05) is 11.6 Å². The van der Waals surface area contributed by atoms with E-state index in [0.717, 1.165) is 40.0 Å². The zero-order chi connectivity index (χ0) is 19.6. The lowest BCUT2D eigenvalue weighted by molar-refractivity contribution is -0.113. The van der Waals surface area contributed by atoms with E-state index >= 15 is 0 Å². The van der Waals surface area contributed by atoms with Gasteiger partial charge in [0.15, 0.2) is 0 Å². The Morgan fingerprint density at radius 2 is 2.07 bits per heavy atom. The van der Waals surface area contributed by atoms with Crippen molar-refractivity contribution in [2.45, 2.75) is 18.9 Å². The number of hydrogen-bond acceptors (Lipinski definition) is 6. The van der Waals surface area contributed by atoms with Crippen LogP contribution in [0.1, 0.15) is 16.7 Å².